The van der Waals surface area contributed by atoms with Gasteiger partial charge in [0.25, 0.3) is 7.82 Å². The molecule has 0 heterocycles. The van der Waals surface area contributed by atoms with Crippen LogP contribution in [0, 0.1) is 0 Å². The topological polar surface area (TPSA) is 105 Å². The Labute approximate surface area is 367 Å². The Kier molecular flexibility index (Phi) is 43.3. The molecule has 0 radical (unpaired) electrons. The number of esters is 1. The molecule has 0 rings (SSSR count). The van der Waals surface area contributed by atoms with Crippen LogP contribution in [0.2, 0.25) is 0 Å². The van der Waals surface area contributed by atoms with E-state index in [-0.39, 0.29) is 19.2 Å². The van der Waals surface area contributed by atoms with E-state index in [9.17, 15) is 19.4 Å². The molecular weight excluding hydrogens is 758 g/mol. The van der Waals surface area contributed by atoms with Crippen LogP contribution in [0.4, 0.5) is 0 Å². The zero-order valence-corrected chi connectivity index (χ0v) is 40.6. The lowest BCUT2D eigenvalue weighted by atomic mass is 10.0. The Bertz CT molecular complexity index is 956. The number of rotatable bonds is 48. The number of phosphoric ester groups is 1. The van der Waals surface area contributed by atoms with Crippen LogP contribution in [0.5, 0.6) is 0 Å². The van der Waals surface area contributed by atoms with Crippen molar-refractivity contribution >= 4 is 13.8 Å². The number of carbonyl (C=O) groups excluding carboxylic acids is 1. The number of phosphoric acid groups is 1. The summed E-state index contributed by atoms with van der Waals surface area (Å²) >= 11 is 0. The number of carbonyl (C=O) groups is 1. The number of allylic oxidation sites excluding steroid dienone is 2. The van der Waals surface area contributed by atoms with E-state index in [2.05, 4.69) is 19.1 Å². The second-order valence-corrected chi connectivity index (χ2v) is 20.2. The Hall–Kier alpha value is -0.760. The second-order valence-electron chi connectivity index (χ2n) is 18.7. The maximum absolute atomic E-state index is 12.0. The molecular formula is C50H100NO7P. The van der Waals surface area contributed by atoms with Gasteiger partial charge in [-0.15, -0.1) is 0 Å². The van der Waals surface area contributed by atoms with Gasteiger partial charge in [-0.3, -0.25) is 9.36 Å². The van der Waals surface area contributed by atoms with E-state index in [1.165, 1.54) is 218 Å². The fraction of sp³-hybridized carbons (Fsp3) is 0.940. The molecule has 2 unspecified atom stereocenters. The molecule has 0 aromatic heterocycles. The van der Waals surface area contributed by atoms with E-state index in [4.69, 9.17) is 13.8 Å². The summed E-state index contributed by atoms with van der Waals surface area (Å²) in [4.78, 5) is 23.7. The summed E-state index contributed by atoms with van der Waals surface area (Å²) < 4.78 is 26.9. The van der Waals surface area contributed by atoms with Gasteiger partial charge < -0.3 is 28.3 Å². The quantitative estimate of drug-likeness (QED) is 0.0214. The Balaban J connectivity index is 3.27. The van der Waals surface area contributed by atoms with Crippen LogP contribution in [0.1, 0.15) is 251 Å². The number of ether oxygens (including phenoxy) is 1. The lowest BCUT2D eigenvalue weighted by molar-refractivity contribution is -0.870. The first-order valence-electron chi connectivity index (χ1n) is 25.4. The SMILES string of the molecule is CCCCCCCCCC/C=C\CCCCCCCCCCCCCCCCCCCCCCCCCCCCCC(=O)OCC(O)COP(=O)([O-])OCC[N+](C)(C)C. The summed E-state index contributed by atoms with van der Waals surface area (Å²) in [6.45, 7) is 1.99. The molecule has 0 spiro atoms. The van der Waals surface area contributed by atoms with Crippen molar-refractivity contribution in [3.05, 3.63) is 12.2 Å². The average molecular weight is 858 g/mol. The van der Waals surface area contributed by atoms with Crippen molar-refractivity contribution < 1.29 is 37.6 Å². The highest BCUT2D eigenvalue weighted by atomic mass is 31.2. The van der Waals surface area contributed by atoms with Crippen molar-refractivity contribution in [2.45, 2.75) is 257 Å². The molecule has 0 amide bonds. The van der Waals surface area contributed by atoms with Gasteiger partial charge in [-0.05, 0) is 32.1 Å². The monoisotopic (exact) mass is 858 g/mol. The Morgan fingerprint density at radius 1 is 0.525 bits per heavy atom. The first-order chi connectivity index (χ1) is 28.6. The largest absolute Gasteiger partial charge is 0.756 e. The van der Waals surface area contributed by atoms with Crippen molar-refractivity contribution in [2.75, 3.05) is 47.5 Å². The highest BCUT2D eigenvalue weighted by Gasteiger charge is 2.17. The summed E-state index contributed by atoms with van der Waals surface area (Å²) in [7, 11) is 1.26. The Morgan fingerprint density at radius 2 is 0.847 bits per heavy atom. The maximum Gasteiger partial charge on any atom is 0.305 e. The molecule has 0 aliphatic heterocycles. The molecule has 8 nitrogen and oxygen atoms in total. The minimum absolute atomic E-state index is 0.00545. The van der Waals surface area contributed by atoms with E-state index < -0.39 is 20.5 Å². The Morgan fingerprint density at radius 3 is 1.19 bits per heavy atom. The van der Waals surface area contributed by atoms with E-state index in [0.717, 1.165) is 19.3 Å². The third kappa shape index (κ3) is 49.8. The first kappa shape index (κ1) is 58.2. The van der Waals surface area contributed by atoms with Crippen molar-refractivity contribution in [2.24, 2.45) is 0 Å². The van der Waals surface area contributed by atoms with Crippen LogP contribution in [0.25, 0.3) is 0 Å². The number of aliphatic hydroxyl groups is 1. The third-order valence-electron chi connectivity index (χ3n) is 11.5. The highest BCUT2D eigenvalue weighted by molar-refractivity contribution is 7.45. The van der Waals surface area contributed by atoms with E-state index in [1.807, 2.05) is 21.1 Å². The smallest absolute Gasteiger partial charge is 0.305 e. The van der Waals surface area contributed by atoms with Crippen LogP contribution in [0.3, 0.4) is 0 Å². The maximum atomic E-state index is 12.0. The highest BCUT2D eigenvalue weighted by Crippen LogP contribution is 2.38. The lowest BCUT2D eigenvalue weighted by Gasteiger charge is -2.27. The molecule has 1 N–H and O–H groups in total. The molecule has 59 heavy (non-hydrogen) atoms. The number of unbranched alkanes of at least 4 members (excludes halogenated alkanes) is 35. The van der Waals surface area contributed by atoms with Gasteiger partial charge in [-0.25, -0.2) is 0 Å². The standard InChI is InChI=1S/C50H100NO7P/c1-5-6-7-8-9-10-11-12-13-14-15-16-17-18-19-20-21-22-23-24-25-26-27-28-29-30-31-32-33-34-35-36-37-38-39-40-41-42-43-44-50(53)56-47-49(52)48-58-59(54,55)57-46-45-51(2,3)4/h14-15,49,52H,5-13,16-48H2,1-4H3/b15-14-. The zero-order chi connectivity index (χ0) is 43.4. The second kappa shape index (κ2) is 43.9. The number of likely N-dealkylation sites (N-methyl/N-ethyl adjacent to an activating group) is 1. The molecule has 0 aromatic carbocycles. The fourth-order valence-electron chi connectivity index (χ4n) is 7.53. The summed E-state index contributed by atoms with van der Waals surface area (Å²) in [5.74, 6) is -0.381. The molecule has 2 atom stereocenters. The van der Waals surface area contributed by atoms with Crippen LogP contribution in [0.15, 0.2) is 12.2 Å². The number of hydrogen-bond donors (Lipinski definition) is 1. The number of aliphatic hydroxyl groups excluding tert-OH is 1. The van der Waals surface area contributed by atoms with Gasteiger partial charge in [0.2, 0.25) is 0 Å². The predicted octanol–water partition coefficient (Wildman–Crippen LogP) is 14.5. The minimum atomic E-state index is -4.50. The molecule has 0 aliphatic rings. The van der Waals surface area contributed by atoms with E-state index >= 15 is 0 Å². The normalized spacial score (nSPS) is 13.7. The molecule has 0 aliphatic carbocycles. The lowest BCUT2D eigenvalue weighted by Crippen LogP contribution is -2.37. The summed E-state index contributed by atoms with van der Waals surface area (Å²) in [6.07, 6.45) is 54.4. The molecule has 0 bridgehead atoms. The van der Waals surface area contributed by atoms with Gasteiger partial charge in [0.15, 0.2) is 0 Å². The van der Waals surface area contributed by atoms with Crippen LogP contribution < -0.4 is 4.89 Å². The zero-order valence-electron chi connectivity index (χ0n) is 39.7. The molecule has 0 saturated heterocycles. The first-order valence-corrected chi connectivity index (χ1v) is 26.9. The van der Waals surface area contributed by atoms with E-state index in [0.29, 0.717) is 17.4 Å². The summed E-state index contributed by atoms with van der Waals surface area (Å²) in [5, 5.41) is 9.90. The third-order valence-corrected chi connectivity index (χ3v) is 12.5. The molecule has 9 heteroatoms. The molecule has 0 fully saturated rings. The van der Waals surface area contributed by atoms with E-state index in [1.54, 1.807) is 0 Å². The van der Waals surface area contributed by atoms with Crippen LogP contribution >= 0.6 is 7.82 Å². The molecule has 352 valence electrons. The van der Waals surface area contributed by atoms with Crippen molar-refractivity contribution in [3.8, 4) is 0 Å². The fourth-order valence-corrected chi connectivity index (χ4v) is 8.27. The van der Waals surface area contributed by atoms with Gasteiger partial charge in [-0.1, -0.05) is 225 Å². The van der Waals surface area contributed by atoms with Crippen LogP contribution in [-0.4, -0.2) is 69.2 Å². The van der Waals surface area contributed by atoms with Gasteiger partial charge in [-0.2, -0.15) is 0 Å². The number of hydrogen-bond acceptors (Lipinski definition) is 7. The molecule has 0 aromatic rings. The minimum Gasteiger partial charge on any atom is -0.756 e. The number of nitrogens with zero attached hydrogens (tertiary/aromatic N) is 1. The van der Waals surface area contributed by atoms with Crippen molar-refractivity contribution in [1.82, 2.24) is 0 Å². The summed E-state index contributed by atoms with van der Waals surface area (Å²) in [6, 6.07) is 0. The summed E-state index contributed by atoms with van der Waals surface area (Å²) in [5.41, 5.74) is 0. The van der Waals surface area contributed by atoms with Gasteiger partial charge in [0, 0.05) is 6.42 Å². The number of quaternary nitrogens is 1. The average Bonchev–Trinajstić information content (AvgIpc) is 3.19. The van der Waals surface area contributed by atoms with Crippen LogP contribution in [-0.2, 0) is 23.1 Å². The van der Waals surface area contributed by atoms with Crippen molar-refractivity contribution in [3.63, 3.8) is 0 Å². The van der Waals surface area contributed by atoms with Gasteiger partial charge >= 0.3 is 5.97 Å². The predicted molar refractivity (Wildman–Crippen MR) is 250 cm³/mol. The van der Waals surface area contributed by atoms with Gasteiger partial charge in [0.1, 0.15) is 25.9 Å². The van der Waals surface area contributed by atoms with Gasteiger partial charge in [0.05, 0.1) is 27.7 Å². The molecule has 0 saturated carbocycles. The van der Waals surface area contributed by atoms with Crippen molar-refractivity contribution in [1.29, 1.82) is 0 Å².